The molecule has 3 amide bonds. The van der Waals surface area contributed by atoms with Crippen LogP contribution in [0.15, 0.2) is 18.2 Å². The minimum atomic E-state index is -0.808. The van der Waals surface area contributed by atoms with E-state index in [9.17, 15) is 18.4 Å². The van der Waals surface area contributed by atoms with Crippen molar-refractivity contribution < 1.29 is 18.4 Å². The third-order valence-electron chi connectivity index (χ3n) is 4.63. The maximum atomic E-state index is 13.6. The molecular formula is C17H22F2N4O2. The fraction of sp³-hybridized carbons (Fsp3) is 0.529. The minimum Gasteiger partial charge on any atom is -0.352 e. The van der Waals surface area contributed by atoms with Gasteiger partial charge in [0.2, 0.25) is 5.91 Å². The number of carbonyl (C=O) groups excluding carboxylic acids is 2. The minimum absolute atomic E-state index is 0.0220. The van der Waals surface area contributed by atoms with Crippen molar-refractivity contribution in [1.29, 1.82) is 0 Å². The predicted molar refractivity (Wildman–Crippen MR) is 89.1 cm³/mol. The van der Waals surface area contributed by atoms with E-state index >= 15 is 0 Å². The fourth-order valence-corrected chi connectivity index (χ4v) is 2.81. The zero-order chi connectivity index (χ0) is 18.0. The first kappa shape index (κ1) is 17.6. The molecule has 0 bridgehead atoms. The van der Waals surface area contributed by atoms with Crippen molar-refractivity contribution in [1.82, 2.24) is 15.1 Å². The van der Waals surface area contributed by atoms with E-state index in [2.05, 4.69) is 10.6 Å². The van der Waals surface area contributed by atoms with Crippen LogP contribution in [0.5, 0.6) is 0 Å². The third kappa shape index (κ3) is 4.45. The van der Waals surface area contributed by atoms with Crippen LogP contribution in [0.25, 0.3) is 0 Å². The van der Waals surface area contributed by atoms with E-state index in [1.807, 2.05) is 11.8 Å². The summed E-state index contributed by atoms with van der Waals surface area (Å²) in [7, 11) is 0. The van der Waals surface area contributed by atoms with E-state index in [4.69, 9.17) is 0 Å². The van der Waals surface area contributed by atoms with Crippen LogP contribution in [0.2, 0.25) is 0 Å². The summed E-state index contributed by atoms with van der Waals surface area (Å²) in [6, 6.07) is 2.68. The van der Waals surface area contributed by atoms with Crippen LogP contribution in [-0.4, -0.2) is 60.0 Å². The fourth-order valence-electron chi connectivity index (χ4n) is 2.81. The Bertz CT molecular complexity index is 658. The normalized spacial score (nSPS) is 19.4. The van der Waals surface area contributed by atoms with Crippen LogP contribution in [0, 0.1) is 11.6 Å². The number of hydrogen-bond donors (Lipinski definition) is 2. The highest BCUT2D eigenvalue weighted by Gasteiger charge is 2.31. The Hall–Kier alpha value is -2.22. The summed E-state index contributed by atoms with van der Waals surface area (Å²) in [4.78, 5) is 27.9. The lowest BCUT2D eigenvalue weighted by Gasteiger charge is -2.37. The first-order valence-electron chi connectivity index (χ1n) is 8.49. The van der Waals surface area contributed by atoms with Crippen molar-refractivity contribution in [2.45, 2.75) is 31.8 Å². The van der Waals surface area contributed by atoms with E-state index in [1.165, 1.54) is 6.07 Å². The monoisotopic (exact) mass is 352 g/mol. The number of hydrogen-bond acceptors (Lipinski definition) is 3. The molecule has 2 aliphatic rings. The summed E-state index contributed by atoms with van der Waals surface area (Å²) >= 11 is 0. The Morgan fingerprint density at radius 3 is 2.44 bits per heavy atom. The van der Waals surface area contributed by atoms with E-state index < -0.39 is 17.7 Å². The van der Waals surface area contributed by atoms with Gasteiger partial charge in [0.05, 0.1) is 11.7 Å². The Labute approximate surface area is 145 Å². The van der Waals surface area contributed by atoms with E-state index in [0.29, 0.717) is 32.2 Å². The molecular weight excluding hydrogens is 330 g/mol. The zero-order valence-electron chi connectivity index (χ0n) is 14.1. The van der Waals surface area contributed by atoms with Gasteiger partial charge in [-0.15, -0.1) is 0 Å². The van der Waals surface area contributed by atoms with Crippen LogP contribution in [-0.2, 0) is 4.79 Å². The van der Waals surface area contributed by atoms with Crippen molar-refractivity contribution in [3.05, 3.63) is 29.8 Å². The number of rotatable bonds is 4. The quantitative estimate of drug-likeness (QED) is 0.868. The first-order valence-corrected chi connectivity index (χ1v) is 8.49. The Kier molecular flexibility index (Phi) is 5.17. The van der Waals surface area contributed by atoms with Gasteiger partial charge in [-0.3, -0.25) is 9.69 Å². The highest BCUT2D eigenvalue weighted by molar-refractivity contribution is 5.89. The molecule has 1 aromatic carbocycles. The molecule has 0 radical (unpaired) electrons. The molecule has 1 atom stereocenters. The van der Waals surface area contributed by atoms with Gasteiger partial charge < -0.3 is 15.5 Å². The van der Waals surface area contributed by atoms with Crippen LogP contribution >= 0.6 is 0 Å². The van der Waals surface area contributed by atoms with Crippen molar-refractivity contribution in [2.75, 3.05) is 31.5 Å². The standard InChI is InChI=1S/C17H22F2N4O2/c1-11(16(24)20-13-3-4-13)22-6-8-23(9-7-22)17(25)21-15-5-2-12(18)10-14(15)19/h2,5,10-11,13H,3-4,6-9H2,1H3,(H,20,24)(H,21,25). The lowest BCUT2D eigenvalue weighted by Crippen LogP contribution is -2.55. The summed E-state index contributed by atoms with van der Waals surface area (Å²) in [6.07, 6.45) is 2.10. The Morgan fingerprint density at radius 1 is 1.16 bits per heavy atom. The number of halogens is 2. The van der Waals surface area contributed by atoms with Crippen LogP contribution in [0.4, 0.5) is 19.3 Å². The molecule has 8 heteroatoms. The second kappa shape index (κ2) is 7.35. The maximum Gasteiger partial charge on any atom is 0.322 e. The number of benzene rings is 1. The smallest absolute Gasteiger partial charge is 0.322 e. The van der Waals surface area contributed by atoms with Gasteiger partial charge in [-0.05, 0) is 31.9 Å². The van der Waals surface area contributed by atoms with Crippen LogP contribution in [0.1, 0.15) is 19.8 Å². The van der Waals surface area contributed by atoms with Gasteiger partial charge in [-0.1, -0.05) is 0 Å². The highest BCUT2D eigenvalue weighted by Crippen LogP contribution is 2.19. The molecule has 1 unspecified atom stereocenters. The molecule has 1 aliphatic heterocycles. The number of anilines is 1. The maximum absolute atomic E-state index is 13.6. The van der Waals surface area contributed by atoms with Crippen LogP contribution in [0.3, 0.4) is 0 Å². The number of nitrogens with zero attached hydrogens (tertiary/aromatic N) is 2. The third-order valence-corrected chi connectivity index (χ3v) is 4.63. The molecule has 0 aromatic heterocycles. The second-order valence-electron chi connectivity index (χ2n) is 6.54. The molecule has 1 saturated carbocycles. The van der Waals surface area contributed by atoms with Gasteiger partial charge in [-0.25, -0.2) is 13.6 Å². The molecule has 1 heterocycles. The molecule has 1 aliphatic carbocycles. The second-order valence-corrected chi connectivity index (χ2v) is 6.54. The molecule has 1 saturated heterocycles. The van der Waals surface area contributed by atoms with Crippen molar-refractivity contribution in [2.24, 2.45) is 0 Å². The molecule has 0 spiro atoms. The van der Waals surface area contributed by atoms with Crippen molar-refractivity contribution >= 4 is 17.6 Å². The molecule has 2 N–H and O–H groups in total. The molecule has 3 rings (SSSR count). The van der Waals surface area contributed by atoms with Crippen molar-refractivity contribution in [3.8, 4) is 0 Å². The average Bonchev–Trinajstić information content (AvgIpc) is 3.40. The number of nitrogens with one attached hydrogen (secondary N) is 2. The average molecular weight is 352 g/mol. The molecule has 2 fully saturated rings. The molecule has 25 heavy (non-hydrogen) atoms. The predicted octanol–water partition coefficient (Wildman–Crippen LogP) is 1.78. The van der Waals surface area contributed by atoms with Gasteiger partial charge in [0, 0.05) is 38.3 Å². The van der Waals surface area contributed by atoms with Crippen LogP contribution < -0.4 is 10.6 Å². The number of amides is 3. The summed E-state index contributed by atoms with van der Waals surface area (Å²) in [5.74, 6) is -1.48. The van der Waals surface area contributed by atoms with Gasteiger partial charge in [-0.2, -0.15) is 0 Å². The zero-order valence-corrected chi connectivity index (χ0v) is 14.1. The number of urea groups is 1. The SMILES string of the molecule is CC(C(=O)NC1CC1)N1CCN(C(=O)Nc2ccc(F)cc2F)CC1. The van der Waals surface area contributed by atoms with E-state index in [1.54, 1.807) is 4.90 Å². The van der Waals surface area contributed by atoms with Gasteiger partial charge >= 0.3 is 6.03 Å². The van der Waals surface area contributed by atoms with E-state index in [-0.39, 0.29) is 17.6 Å². The first-order chi connectivity index (χ1) is 11.9. The highest BCUT2D eigenvalue weighted by atomic mass is 19.1. The Morgan fingerprint density at radius 2 is 1.84 bits per heavy atom. The lowest BCUT2D eigenvalue weighted by atomic mass is 10.2. The summed E-state index contributed by atoms with van der Waals surface area (Å²) < 4.78 is 26.5. The largest absolute Gasteiger partial charge is 0.352 e. The molecule has 136 valence electrons. The Balaban J connectivity index is 1.49. The molecule has 6 nitrogen and oxygen atoms in total. The van der Waals surface area contributed by atoms with E-state index in [0.717, 1.165) is 25.0 Å². The summed E-state index contributed by atoms with van der Waals surface area (Å²) in [5, 5.41) is 5.44. The topological polar surface area (TPSA) is 64.7 Å². The van der Waals surface area contributed by atoms with Gasteiger partial charge in [0.1, 0.15) is 11.6 Å². The number of carbonyl (C=O) groups is 2. The number of piperazine rings is 1. The lowest BCUT2D eigenvalue weighted by molar-refractivity contribution is -0.126. The van der Waals surface area contributed by atoms with Gasteiger partial charge in [0.25, 0.3) is 0 Å². The summed E-state index contributed by atoms with van der Waals surface area (Å²) in [5.41, 5.74) is -0.0500. The summed E-state index contributed by atoms with van der Waals surface area (Å²) in [6.45, 7) is 3.88. The molecule has 1 aromatic rings. The van der Waals surface area contributed by atoms with Gasteiger partial charge in [0.15, 0.2) is 0 Å². The van der Waals surface area contributed by atoms with Crippen molar-refractivity contribution in [3.63, 3.8) is 0 Å².